The molecule has 11 heteroatoms. The van der Waals surface area contributed by atoms with Gasteiger partial charge in [-0.2, -0.15) is 13.2 Å². The summed E-state index contributed by atoms with van der Waals surface area (Å²) in [6.45, 7) is 0.877. The van der Waals surface area contributed by atoms with Gasteiger partial charge in [0.15, 0.2) is 17.3 Å². The highest BCUT2D eigenvalue weighted by Crippen LogP contribution is 2.30. The van der Waals surface area contributed by atoms with Gasteiger partial charge in [-0.1, -0.05) is 24.3 Å². The highest BCUT2D eigenvalue weighted by Gasteiger charge is 2.30. The maximum Gasteiger partial charge on any atom is 0.416 e. The number of pyridine rings is 1. The Morgan fingerprint density at radius 1 is 0.846 bits per heavy atom. The van der Waals surface area contributed by atoms with Gasteiger partial charge in [0, 0.05) is 24.4 Å². The fraction of sp³-hybridized carbons (Fsp3) is 0.214. The average Bonchev–Trinajstić information content (AvgIpc) is 3.36. The summed E-state index contributed by atoms with van der Waals surface area (Å²) in [5, 5.41) is 3.37. The number of imidazole rings is 1. The number of benzene rings is 2. The lowest BCUT2D eigenvalue weighted by Crippen LogP contribution is -2.09. The zero-order chi connectivity index (χ0) is 27.4. The van der Waals surface area contributed by atoms with Gasteiger partial charge < -0.3 is 19.4 Å². The second kappa shape index (κ2) is 11.0. The Morgan fingerprint density at radius 3 is 2.23 bits per heavy atom. The summed E-state index contributed by atoms with van der Waals surface area (Å²) in [6, 6.07) is 16.4. The Hall–Kier alpha value is -4.67. The fourth-order valence-corrected chi connectivity index (χ4v) is 4.06. The molecule has 0 atom stereocenters. The lowest BCUT2D eigenvalue weighted by Gasteiger charge is -2.11. The highest BCUT2D eigenvalue weighted by molar-refractivity contribution is 5.85. The minimum Gasteiger partial charge on any atom is -0.497 e. The maximum absolute atomic E-state index is 13.0. The van der Waals surface area contributed by atoms with Gasteiger partial charge in [-0.05, 0) is 47.9 Å². The first-order valence-electron chi connectivity index (χ1n) is 12.1. The summed E-state index contributed by atoms with van der Waals surface area (Å²) < 4.78 is 51.1. The number of nitrogens with one attached hydrogen (secondary N) is 1. The second-order valence-corrected chi connectivity index (χ2v) is 8.75. The number of methoxy groups -OCH3 is 2. The van der Waals surface area contributed by atoms with Crippen molar-refractivity contribution in [2.24, 2.45) is 0 Å². The van der Waals surface area contributed by atoms with Gasteiger partial charge in [-0.25, -0.2) is 19.9 Å². The summed E-state index contributed by atoms with van der Waals surface area (Å²) in [5.74, 6) is 2.23. The van der Waals surface area contributed by atoms with E-state index in [-0.39, 0.29) is 6.54 Å². The smallest absolute Gasteiger partial charge is 0.416 e. The van der Waals surface area contributed by atoms with Crippen LogP contribution in [-0.2, 0) is 19.1 Å². The van der Waals surface area contributed by atoms with Crippen molar-refractivity contribution in [2.45, 2.75) is 19.1 Å². The Bertz CT molecular complexity index is 1550. The molecule has 0 amide bonds. The number of rotatable bonds is 9. The number of fused-ring (bicyclic) bond motifs is 1. The first kappa shape index (κ1) is 26.0. The molecule has 0 aliphatic carbocycles. The van der Waals surface area contributed by atoms with Crippen molar-refractivity contribution in [3.05, 3.63) is 89.9 Å². The van der Waals surface area contributed by atoms with E-state index >= 15 is 0 Å². The van der Waals surface area contributed by atoms with Crippen LogP contribution in [0.2, 0.25) is 0 Å². The number of nitrogens with zero attached hydrogens (tertiary/aromatic N) is 5. The van der Waals surface area contributed by atoms with Crippen molar-refractivity contribution in [2.75, 3.05) is 26.1 Å². The summed E-state index contributed by atoms with van der Waals surface area (Å²) in [6.07, 6.45) is -0.415. The van der Waals surface area contributed by atoms with Crippen molar-refractivity contribution in [1.82, 2.24) is 24.5 Å². The van der Waals surface area contributed by atoms with Crippen LogP contribution in [0.4, 0.5) is 19.0 Å². The monoisotopic (exact) mass is 534 g/mol. The molecule has 5 rings (SSSR count). The first-order valence-corrected chi connectivity index (χ1v) is 12.1. The topological polar surface area (TPSA) is 87.0 Å². The Kier molecular flexibility index (Phi) is 7.31. The minimum atomic E-state index is -4.39. The Morgan fingerprint density at radius 2 is 1.59 bits per heavy atom. The molecule has 0 radical (unpaired) electrons. The number of hydrogen-bond donors (Lipinski definition) is 1. The van der Waals surface area contributed by atoms with E-state index in [2.05, 4.69) is 15.3 Å². The zero-order valence-electron chi connectivity index (χ0n) is 21.2. The van der Waals surface area contributed by atoms with E-state index < -0.39 is 11.7 Å². The van der Waals surface area contributed by atoms with E-state index in [1.165, 1.54) is 19.2 Å². The van der Waals surface area contributed by atoms with E-state index in [9.17, 15) is 13.2 Å². The van der Waals surface area contributed by atoms with Gasteiger partial charge >= 0.3 is 6.18 Å². The lowest BCUT2D eigenvalue weighted by molar-refractivity contribution is -0.137. The molecule has 0 saturated carbocycles. The third kappa shape index (κ3) is 5.92. The van der Waals surface area contributed by atoms with Crippen LogP contribution < -0.4 is 14.8 Å². The molecular formula is C28H25F3N6O2. The number of ether oxygens (including phenoxy) is 2. The third-order valence-electron chi connectivity index (χ3n) is 6.17. The SMILES string of the molecule is COc1ccc(CCNc2nc(-c3ccc(OC)nc3)nc3c2ncn3Cc2ccc(C(F)(F)F)cc2)cc1. The maximum atomic E-state index is 13.0. The molecular weight excluding hydrogens is 509 g/mol. The molecule has 0 spiro atoms. The van der Waals surface area contributed by atoms with Crippen molar-refractivity contribution in [3.63, 3.8) is 0 Å². The molecule has 0 aliphatic heterocycles. The lowest BCUT2D eigenvalue weighted by atomic mass is 10.1. The molecule has 0 unspecified atom stereocenters. The van der Waals surface area contributed by atoms with Crippen molar-refractivity contribution in [3.8, 4) is 23.0 Å². The molecule has 5 aromatic rings. The molecule has 0 aliphatic rings. The normalized spacial score (nSPS) is 11.5. The van der Waals surface area contributed by atoms with Crippen LogP contribution in [0, 0.1) is 0 Å². The summed E-state index contributed by atoms with van der Waals surface area (Å²) >= 11 is 0. The summed E-state index contributed by atoms with van der Waals surface area (Å²) in [5.41, 5.74) is 2.90. The van der Waals surface area contributed by atoms with Gasteiger partial charge in [0.2, 0.25) is 5.88 Å². The molecule has 3 aromatic heterocycles. The largest absolute Gasteiger partial charge is 0.497 e. The molecule has 1 N–H and O–H groups in total. The third-order valence-corrected chi connectivity index (χ3v) is 6.17. The average molecular weight is 535 g/mol. The van der Waals surface area contributed by atoms with Crippen molar-refractivity contribution >= 4 is 17.0 Å². The zero-order valence-corrected chi connectivity index (χ0v) is 21.2. The van der Waals surface area contributed by atoms with Gasteiger partial charge in [0.1, 0.15) is 11.3 Å². The van der Waals surface area contributed by atoms with Crippen LogP contribution in [0.25, 0.3) is 22.6 Å². The number of anilines is 1. The van der Waals surface area contributed by atoms with Crippen LogP contribution in [0.15, 0.2) is 73.2 Å². The predicted molar refractivity (Wildman–Crippen MR) is 141 cm³/mol. The van der Waals surface area contributed by atoms with Gasteiger partial charge in [0.05, 0.1) is 32.7 Å². The van der Waals surface area contributed by atoms with E-state index in [0.29, 0.717) is 46.4 Å². The minimum absolute atomic E-state index is 0.289. The molecule has 39 heavy (non-hydrogen) atoms. The van der Waals surface area contributed by atoms with E-state index in [1.807, 2.05) is 30.3 Å². The Labute approximate surface area is 222 Å². The molecule has 0 fully saturated rings. The van der Waals surface area contributed by atoms with Gasteiger partial charge in [-0.15, -0.1) is 0 Å². The molecule has 200 valence electrons. The van der Waals surface area contributed by atoms with Crippen LogP contribution in [-0.4, -0.2) is 45.3 Å². The van der Waals surface area contributed by atoms with Crippen molar-refractivity contribution < 1.29 is 22.6 Å². The number of aromatic nitrogens is 5. The molecule has 0 saturated heterocycles. The summed E-state index contributed by atoms with van der Waals surface area (Å²) in [4.78, 5) is 18.2. The molecule has 2 aromatic carbocycles. The van der Waals surface area contributed by atoms with Crippen LogP contribution >= 0.6 is 0 Å². The fourth-order valence-electron chi connectivity index (χ4n) is 4.06. The highest BCUT2D eigenvalue weighted by atomic mass is 19.4. The second-order valence-electron chi connectivity index (χ2n) is 8.75. The summed E-state index contributed by atoms with van der Waals surface area (Å²) in [7, 11) is 3.17. The van der Waals surface area contributed by atoms with Crippen LogP contribution in [0.5, 0.6) is 11.6 Å². The van der Waals surface area contributed by atoms with Crippen molar-refractivity contribution in [1.29, 1.82) is 0 Å². The van der Waals surface area contributed by atoms with Gasteiger partial charge in [-0.3, -0.25) is 0 Å². The molecule has 0 bridgehead atoms. The Balaban J connectivity index is 1.45. The number of alkyl halides is 3. The predicted octanol–water partition coefficient (Wildman–Crippen LogP) is 5.63. The first-order chi connectivity index (χ1) is 18.8. The van der Waals surface area contributed by atoms with E-state index in [1.54, 1.807) is 30.3 Å². The number of halogens is 3. The standard InChI is InChI=1S/C28H25F3N6O2/c1-38-22-10-5-18(6-11-22)13-14-32-26-24-27(36-25(35-26)20-7-12-23(39-2)33-15-20)37(17-34-24)16-19-3-8-21(9-4-19)28(29,30)31/h3-12,15,17H,13-14,16H2,1-2H3,(H,32,35,36). The quantitative estimate of drug-likeness (QED) is 0.262. The van der Waals surface area contributed by atoms with Crippen LogP contribution in [0.3, 0.4) is 0 Å². The van der Waals surface area contributed by atoms with E-state index in [4.69, 9.17) is 19.4 Å². The molecule has 8 nitrogen and oxygen atoms in total. The van der Waals surface area contributed by atoms with Crippen LogP contribution in [0.1, 0.15) is 16.7 Å². The van der Waals surface area contributed by atoms with Gasteiger partial charge in [0.25, 0.3) is 0 Å². The van der Waals surface area contributed by atoms with E-state index in [0.717, 1.165) is 29.9 Å². The number of hydrogen-bond acceptors (Lipinski definition) is 7. The molecule has 3 heterocycles.